The number of nitrogens with one attached hydrogen (secondary N) is 1. The van der Waals surface area contributed by atoms with E-state index >= 15 is 0 Å². The summed E-state index contributed by atoms with van der Waals surface area (Å²) in [5.74, 6) is -0.238. The maximum atomic E-state index is 13.2. The maximum Gasteiger partial charge on any atom is 0.355 e. The molecular weight excluding hydrogens is 387 g/mol. The molecule has 0 atom stereocenters. The first-order valence-electron chi connectivity index (χ1n) is 9.78. The summed E-state index contributed by atoms with van der Waals surface area (Å²) >= 11 is 0. The molecule has 0 aliphatic heterocycles. The highest BCUT2D eigenvalue weighted by atomic mass is 19.1. The van der Waals surface area contributed by atoms with Gasteiger partial charge in [0.2, 0.25) is 5.91 Å². The zero-order valence-electron chi connectivity index (χ0n) is 17.3. The van der Waals surface area contributed by atoms with Gasteiger partial charge in [-0.3, -0.25) is 4.79 Å². The van der Waals surface area contributed by atoms with Crippen molar-refractivity contribution >= 4 is 11.9 Å². The molecule has 0 fully saturated rings. The van der Waals surface area contributed by atoms with E-state index in [0.717, 1.165) is 22.4 Å². The van der Waals surface area contributed by atoms with Gasteiger partial charge in [0.1, 0.15) is 17.3 Å². The zero-order chi connectivity index (χ0) is 21.7. The minimum Gasteiger partial charge on any atom is -0.467 e. The van der Waals surface area contributed by atoms with E-state index in [-0.39, 0.29) is 31.3 Å². The number of amides is 1. The average Bonchev–Trinajstić information content (AvgIpc) is 3.32. The fourth-order valence-electron chi connectivity index (χ4n) is 3.34. The van der Waals surface area contributed by atoms with Gasteiger partial charge in [-0.1, -0.05) is 12.1 Å². The normalized spacial score (nSPS) is 10.8. The summed E-state index contributed by atoms with van der Waals surface area (Å²) < 4.78 is 23.7. The lowest BCUT2D eigenvalue weighted by Gasteiger charge is -2.22. The van der Waals surface area contributed by atoms with Crippen LogP contribution in [0, 0.1) is 19.7 Å². The van der Waals surface area contributed by atoms with Gasteiger partial charge in [-0.25, -0.2) is 9.18 Å². The van der Waals surface area contributed by atoms with Gasteiger partial charge in [-0.2, -0.15) is 0 Å². The fourth-order valence-corrected chi connectivity index (χ4v) is 3.34. The van der Waals surface area contributed by atoms with E-state index in [4.69, 9.17) is 9.15 Å². The number of carbonyl (C=O) groups is 2. The third-order valence-electron chi connectivity index (χ3n) is 4.97. The number of esters is 1. The van der Waals surface area contributed by atoms with Gasteiger partial charge in [-0.15, -0.1) is 0 Å². The van der Waals surface area contributed by atoms with Crippen LogP contribution < -0.4 is 0 Å². The smallest absolute Gasteiger partial charge is 0.355 e. The molecular formula is C23H25FN2O4. The third-order valence-corrected chi connectivity index (χ3v) is 4.97. The van der Waals surface area contributed by atoms with Gasteiger partial charge in [-0.05, 0) is 61.7 Å². The van der Waals surface area contributed by atoms with Gasteiger partial charge in [0.15, 0.2) is 0 Å². The Morgan fingerprint density at radius 2 is 1.87 bits per heavy atom. The van der Waals surface area contributed by atoms with Crippen molar-refractivity contribution in [3.63, 3.8) is 0 Å². The lowest BCUT2D eigenvalue weighted by atomic mass is 10.1. The predicted octanol–water partition coefficient (Wildman–Crippen LogP) is 4.31. The van der Waals surface area contributed by atoms with E-state index < -0.39 is 5.97 Å². The number of aromatic amines is 1. The zero-order valence-corrected chi connectivity index (χ0v) is 17.3. The summed E-state index contributed by atoms with van der Waals surface area (Å²) in [6.07, 6.45) is 1.69. The number of H-pyrrole nitrogens is 1. The van der Waals surface area contributed by atoms with Crippen LogP contribution in [-0.4, -0.2) is 28.4 Å². The summed E-state index contributed by atoms with van der Waals surface area (Å²) in [7, 11) is 0. The van der Waals surface area contributed by atoms with Crippen LogP contribution in [0.5, 0.6) is 0 Å². The van der Waals surface area contributed by atoms with Gasteiger partial charge >= 0.3 is 5.97 Å². The minimum absolute atomic E-state index is 0.129. The Hall–Kier alpha value is -3.35. The molecule has 3 rings (SSSR count). The van der Waals surface area contributed by atoms with Crippen LogP contribution in [0.2, 0.25) is 0 Å². The van der Waals surface area contributed by atoms with Crippen LogP contribution >= 0.6 is 0 Å². The van der Waals surface area contributed by atoms with E-state index in [9.17, 15) is 14.0 Å². The molecule has 1 N–H and O–H groups in total. The molecule has 3 aromatic rings. The molecule has 0 unspecified atom stereocenters. The minimum atomic E-state index is -0.417. The van der Waals surface area contributed by atoms with Crippen molar-refractivity contribution in [3.8, 4) is 0 Å². The Balaban J connectivity index is 1.85. The quantitative estimate of drug-likeness (QED) is 0.560. The number of halogens is 1. The molecule has 158 valence electrons. The van der Waals surface area contributed by atoms with Crippen molar-refractivity contribution in [2.45, 2.75) is 40.3 Å². The molecule has 1 aromatic carbocycles. The van der Waals surface area contributed by atoms with Crippen LogP contribution in [0.15, 0.2) is 47.1 Å². The molecule has 6 nitrogen and oxygen atoms in total. The second-order valence-corrected chi connectivity index (χ2v) is 7.08. The second kappa shape index (κ2) is 9.43. The standard InChI is InChI=1S/C23H25FN2O4/c1-4-29-23(28)22-15(2)20(16(3)25-22)14-26(13-19-6-5-11-30-19)21(27)12-17-7-9-18(24)10-8-17/h5-11,25H,4,12-14H2,1-3H3. The number of carbonyl (C=O) groups excluding carboxylic acids is 2. The van der Waals surface area contributed by atoms with Gasteiger partial charge in [0.25, 0.3) is 0 Å². The topological polar surface area (TPSA) is 75.5 Å². The summed E-state index contributed by atoms with van der Waals surface area (Å²) in [5.41, 5.74) is 3.53. The number of ether oxygens (including phenoxy) is 1. The van der Waals surface area contributed by atoms with Crippen LogP contribution in [0.4, 0.5) is 4.39 Å². The third kappa shape index (κ3) is 4.97. The number of aromatic nitrogens is 1. The number of nitrogens with zero attached hydrogens (tertiary/aromatic N) is 1. The van der Waals surface area contributed by atoms with Crippen LogP contribution in [0.1, 0.15) is 45.6 Å². The van der Waals surface area contributed by atoms with Gasteiger partial charge in [0.05, 0.1) is 25.8 Å². The Kier molecular flexibility index (Phi) is 6.72. The molecule has 0 spiro atoms. The molecule has 0 bridgehead atoms. The van der Waals surface area contributed by atoms with Crippen molar-refractivity contribution < 1.29 is 23.1 Å². The predicted molar refractivity (Wildman–Crippen MR) is 109 cm³/mol. The molecule has 1 amide bonds. The van der Waals surface area contributed by atoms with E-state index in [1.165, 1.54) is 12.1 Å². The SMILES string of the molecule is CCOC(=O)c1[nH]c(C)c(CN(Cc2ccco2)C(=O)Cc2ccc(F)cc2)c1C. The van der Waals surface area contributed by atoms with Crippen molar-refractivity contribution in [1.29, 1.82) is 0 Å². The number of hydrogen-bond acceptors (Lipinski definition) is 4. The molecule has 0 saturated heterocycles. The number of rotatable bonds is 8. The summed E-state index contributed by atoms with van der Waals surface area (Å²) in [5, 5.41) is 0. The Bertz CT molecular complexity index is 1010. The Morgan fingerprint density at radius 1 is 1.13 bits per heavy atom. The van der Waals surface area contributed by atoms with E-state index in [1.807, 2.05) is 13.8 Å². The van der Waals surface area contributed by atoms with E-state index in [1.54, 1.807) is 42.4 Å². The summed E-state index contributed by atoms with van der Waals surface area (Å²) in [4.78, 5) is 30.0. The number of furan rings is 1. The lowest BCUT2D eigenvalue weighted by molar-refractivity contribution is -0.132. The molecule has 2 aromatic heterocycles. The highest BCUT2D eigenvalue weighted by Crippen LogP contribution is 2.22. The molecule has 2 heterocycles. The molecule has 30 heavy (non-hydrogen) atoms. The maximum absolute atomic E-state index is 13.2. The van der Waals surface area contributed by atoms with Crippen molar-refractivity contribution in [2.24, 2.45) is 0 Å². The van der Waals surface area contributed by atoms with Gasteiger partial charge < -0.3 is 19.0 Å². The highest BCUT2D eigenvalue weighted by Gasteiger charge is 2.23. The first-order chi connectivity index (χ1) is 14.4. The van der Waals surface area contributed by atoms with Crippen molar-refractivity contribution in [1.82, 2.24) is 9.88 Å². The fraction of sp³-hybridized carbons (Fsp3) is 0.304. The Labute approximate surface area is 174 Å². The Morgan fingerprint density at radius 3 is 2.50 bits per heavy atom. The van der Waals surface area contributed by atoms with Crippen molar-refractivity contribution in [2.75, 3.05) is 6.61 Å². The largest absolute Gasteiger partial charge is 0.467 e. The highest BCUT2D eigenvalue weighted by molar-refractivity contribution is 5.90. The molecule has 0 saturated carbocycles. The number of benzene rings is 1. The lowest BCUT2D eigenvalue weighted by Crippen LogP contribution is -2.31. The van der Waals surface area contributed by atoms with Gasteiger partial charge in [0, 0.05) is 12.2 Å². The van der Waals surface area contributed by atoms with Crippen LogP contribution in [-0.2, 0) is 29.0 Å². The first kappa shape index (κ1) is 21.4. The average molecular weight is 412 g/mol. The van der Waals surface area contributed by atoms with Crippen molar-refractivity contribution in [3.05, 3.63) is 82.3 Å². The van der Waals surface area contributed by atoms with Crippen LogP contribution in [0.3, 0.4) is 0 Å². The molecule has 0 aliphatic carbocycles. The second-order valence-electron chi connectivity index (χ2n) is 7.08. The molecule has 0 aliphatic rings. The van der Waals surface area contributed by atoms with Crippen LogP contribution in [0.25, 0.3) is 0 Å². The number of hydrogen-bond donors (Lipinski definition) is 1. The first-order valence-corrected chi connectivity index (χ1v) is 9.78. The summed E-state index contributed by atoms with van der Waals surface area (Å²) in [6, 6.07) is 9.45. The molecule has 0 radical (unpaired) electrons. The van der Waals surface area contributed by atoms with E-state index in [2.05, 4.69) is 4.98 Å². The molecule has 7 heteroatoms. The van der Waals surface area contributed by atoms with E-state index in [0.29, 0.717) is 18.0 Å². The summed E-state index contributed by atoms with van der Waals surface area (Å²) in [6.45, 7) is 6.32. The number of aryl methyl sites for hydroxylation is 1. The monoisotopic (exact) mass is 412 g/mol.